The second-order valence-corrected chi connectivity index (χ2v) is 6.64. The zero-order valence-electron chi connectivity index (χ0n) is 14.3. The van der Waals surface area contributed by atoms with E-state index in [9.17, 15) is 5.11 Å². The van der Waals surface area contributed by atoms with Crippen LogP contribution in [0.25, 0.3) is 0 Å². The molecule has 0 radical (unpaired) electrons. The van der Waals surface area contributed by atoms with E-state index < -0.39 is 0 Å². The number of hydrogen-bond donors (Lipinski definition) is 1. The molecule has 0 saturated heterocycles. The van der Waals surface area contributed by atoms with Crippen LogP contribution in [-0.2, 0) is 13.6 Å². The van der Waals surface area contributed by atoms with E-state index in [1.165, 1.54) is 5.56 Å². The third kappa shape index (κ3) is 4.14. The summed E-state index contributed by atoms with van der Waals surface area (Å²) in [5.74, 6) is 0.324. The number of aliphatic hydroxyl groups excluding tert-OH is 1. The van der Waals surface area contributed by atoms with Crippen molar-refractivity contribution in [1.29, 1.82) is 0 Å². The van der Waals surface area contributed by atoms with Crippen molar-refractivity contribution in [3.05, 3.63) is 52.3 Å². The first-order chi connectivity index (χ1) is 11.0. The van der Waals surface area contributed by atoms with Gasteiger partial charge in [0.15, 0.2) is 0 Å². The van der Waals surface area contributed by atoms with Crippen LogP contribution in [0.4, 0.5) is 0 Å². The Kier molecular flexibility index (Phi) is 6.22. The van der Waals surface area contributed by atoms with E-state index in [1.54, 1.807) is 4.68 Å². The summed E-state index contributed by atoms with van der Waals surface area (Å²) in [6.07, 6.45) is 0.690. The van der Waals surface area contributed by atoms with E-state index in [-0.39, 0.29) is 12.6 Å². The molecule has 1 N–H and O–H groups in total. The Hall–Kier alpha value is -1.36. The predicted molar refractivity (Wildman–Crippen MR) is 94.7 cm³/mol. The van der Waals surface area contributed by atoms with Crippen molar-refractivity contribution in [3.63, 3.8) is 0 Å². The maximum absolute atomic E-state index is 9.45. The Morgan fingerprint density at radius 2 is 1.91 bits per heavy atom. The van der Waals surface area contributed by atoms with Crippen LogP contribution >= 0.6 is 11.6 Å². The molecule has 2 rings (SSSR count). The van der Waals surface area contributed by atoms with Crippen LogP contribution in [0.1, 0.15) is 49.0 Å². The van der Waals surface area contributed by atoms with E-state index in [4.69, 9.17) is 11.6 Å². The minimum atomic E-state index is 0.150. The summed E-state index contributed by atoms with van der Waals surface area (Å²) in [5.41, 5.74) is 3.32. The van der Waals surface area contributed by atoms with Crippen LogP contribution in [0.2, 0.25) is 5.15 Å². The van der Waals surface area contributed by atoms with Gasteiger partial charge in [0.1, 0.15) is 5.15 Å². The number of nitrogens with zero attached hydrogens (tertiary/aromatic N) is 3. The van der Waals surface area contributed by atoms with E-state index >= 15 is 0 Å². The number of aliphatic hydroxyl groups is 1. The number of aryl methyl sites for hydroxylation is 1. The van der Waals surface area contributed by atoms with Gasteiger partial charge >= 0.3 is 0 Å². The Morgan fingerprint density at radius 1 is 1.26 bits per heavy atom. The standard InChI is InChI=1S/C18H26ClN3O/c1-13(2)17-15(18(19)22(4)20-17)12-21(3)16(10-11-23)14-8-6-5-7-9-14/h5-9,13,16,23H,10-12H2,1-4H3. The minimum Gasteiger partial charge on any atom is -0.396 e. The summed E-state index contributed by atoms with van der Waals surface area (Å²) < 4.78 is 1.74. The summed E-state index contributed by atoms with van der Waals surface area (Å²) in [7, 11) is 3.95. The number of rotatable bonds is 7. The molecule has 0 aliphatic heterocycles. The molecule has 0 amide bonds. The SMILES string of the molecule is CC(C)c1nn(C)c(Cl)c1CN(C)C(CCO)c1ccccc1. The van der Waals surface area contributed by atoms with Crippen LogP contribution in [-0.4, -0.2) is 33.4 Å². The fourth-order valence-corrected chi connectivity index (χ4v) is 3.17. The third-order valence-corrected chi connectivity index (χ3v) is 4.65. The van der Waals surface area contributed by atoms with Crippen molar-refractivity contribution in [2.75, 3.05) is 13.7 Å². The monoisotopic (exact) mass is 335 g/mol. The Balaban J connectivity index is 2.27. The summed E-state index contributed by atoms with van der Waals surface area (Å²) >= 11 is 6.45. The lowest BCUT2D eigenvalue weighted by molar-refractivity contribution is 0.179. The maximum Gasteiger partial charge on any atom is 0.131 e. The third-order valence-electron chi connectivity index (χ3n) is 4.17. The number of halogens is 1. The van der Waals surface area contributed by atoms with Crippen LogP contribution in [0, 0.1) is 0 Å². The highest BCUT2D eigenvalue weighted by atomic mass is 35.5. The molecule has 23 heavy (non-hydrogen) atoms. The van der Waals surface area contributed by atoms with Crippen molar-refractivity contribution < 1.29 is 5.11 Å². The van der Waals surface area contributed by atoms with Gasteiger partial charge in [0.05, 0.1) is 5.69 Å². The molecule has 0 fully saturated rings. The van der Waals surface area contributed by atoms with Gasteiger partial charge in [-0.1, -0.05) is 55.8 Å². The number of hydrogen-bond acceptors (Lipinski definition) is 3. The van der Waals surface area contributed by atoms with Gasteiger partial charge in [-0.2, -0.15) is 5.10 Å². The molecule has 0 bridgehead atoms. The maximum atomic E-state index is 9.45. The van der Waals surface area contributed by atoms with Crippen molar-refractivity contribution >= 4 is 11.6 Å². The summed E-state index contributed by atoms with van der Waals surface area (Å²) in [6.45, 7) is 5.12. The van der Waals surface area contributed by atoms with Gasteiger partial charge in [0.2, 0.25) is 0 Å². The second-order valence-electron chi connectivity index (χ2n) is 6.29. The molecule has 1 aromatic carbocycles. The van der Waals surface area contributed by atoms with E-state index in [2.05, 4.69) is 43.0 Å². The second kappa shape index (κ2) is 7.95. The quantitative estimate of drug-likeness (QED) is 0.837. The lowest BCUT2D eigenvalue weighted by Crippen LogP contribution is -2.25. The fraction of sp³-hybridized carbons (Fsp3) is 0.500. The molecule has 126 valence electrons. The van der Waals surface area contributed by atoms with Crippen molar-refractivity contribution in [2.45, 2.75) is 38.8 Å². The highest BCUT2D eigenvalue weighted by Gasteiger charge is 2.22. The first-order valence-electron chi connectivity index (χ1n) is 8.03. The topological polar surface area (TPSA) is 41.3 Å². The van der Waals surface area contributed by atoms with E-state index in [0.29, 0.717) is 24.0 Å². The Labute approximate surface area is 143 Å². The van der Waals surface area contributed by atoms with Gasteiger partial charge < -0.3 is 5.11 Å². The molecule has 1 aromatic heterocycles. The highest BCUT2D eigenvalue weighted by Crippen LogP contribution is 2.30. The minimum absolute atomic E-state index is 0.150. The van der Waals surface area contributed by atoms with Crippen LogP contribution < -0.4 is 0 Å². The van der Waals surface area contributed by atoms with Gasteiger partial charge in [-0.15, -0.1) is 0 Å². The molecule has 0 aliphatic rings. The zero-order chi connectivity index (χ0) is 17.0. The molecule has 0 aliphatic carbocycles. The molecule has 1 heterocycles. The molecule has 2 aromatic rings. The first-order valence-corrected chi connectivity index (χ1v) is 8.40. The van der Waals surface area contributed by atoms with Crippen LogP contribution in [0.5, 0.6) is 0 Å². The number of benzene rings is 1. The summed E-state index contributed by atoms with van der Waals surface area (Å²) in [5, 5.41) is 14.7. The lowest BCUT2D eigenvalue weighted by Gasteiger charge is -2.28. The van der Waals surface area contributed by atoms with Crippen molar-refractivity contribution in [3.8, 4) is 0 Å². The van der Waals surface area contributed by atoms with Gasteiger partial charge in [-0.25, -0.2) is 0 Å². The molecule has 1 unspecified atom stereocenters. The molecule has 1 atom stereocenters. The average molecular weight is 336 g/mol. The Morgan fingerprint density at radius 3 is 2.48 bits per heavy atom. The lowest BCUT2D eigenvalue weighted by atomic mass is 10.0. The van der Waals surface area contributed by atoms with Gasteiger partial charge in [-0.3, -0.25) is 9.58 Å². The van der Waals surface area contributed by atoms with Crippen LogP contribution in [0.15, 0.2) is 30.3 Å². The molecule has 0 saturated carbocycles. The molecular weight excluding hydrogens is 310 g/mol. The zero-order valence-corrected chi connectivity index (χ0v) is 15.1. The van der Waals surface area contributed by atoms with Gasteiger partial charge in [0, 0.05) is 31.8 Å². The molecule has 0 spiro atoms. The van der Waals surface area contributed by atoms with Gasteiger partial charge in [-0.05, 0) is 24.9 Å². The predicted octanol–water partition coefficient (Wildman–Crippen LogP) is 3.75. The molecular formula is C18H26ClN3O. The summed E-state index contributed by atoms with van der Waals surface area (Å²) in [6, 6.07) is 10.4. The van der Waals surface area contributed by atoms with E-state index in [1.807, 2.05) is 25.2 Å². The normalized spacial score (nSPS) is 13.0. The fourth-order valence-electron chi connectivity index (χ4n) is 2.98. The van der Waals surface area contributed by atoms with Crippen molar-refractivity contribution in [2.24, 2.45) is 7.05 Å². The Bertz CT molecular complexity index is 625. The average Bonchev–Trinajstić information content (AvgIpc) is 2.82. The smallest absolute Gasteiger partial charge is 0.131 e. The molecule has 4 nitrogen and oxygen atoms in total. The van der Waals surface area contributed by atoms with Gasteiger partial charge in [0.25, 0.3) is 0 Å². The van der Waals surface area contributed by atoms with Crippen LogP contribution in [0.3, 0.4) is 0 Å². The highest BCUT2D eigenvalue weighted by molar-refractivity contribution is 6.30. The van der Waals surface area contributed by atoms with Crippen molar-refractivity contribution in [1.82, 2.24) is 14.7 Å². The van der Waals surface area contributed by atoms with E-state index in [0.717, 1.165) is 11.3 Å². The first kappa shape index (κ1) is 18.0. The molecule has 5 heteroatoms. The largest absolute Gasteiger partial charge is 0.396 e. The summed E-state index contributed by atoms with van der Waals surface area (Å²) in [4.78, 5) is 2.24. The number of aromatic nitrogens is 2.